The Morgan fingerprint density at radius 3 is 2.30 bits per heavy atom. The lowest BCUT2D eigenvalue weighted by Gasteiger charge is -2.23. The molecule has 0 unspecified atom stereocenters. The molecule has 0 saturated heterocycles. The molecule has 0 bridgehead atoms. The van der Waals surface area contributed by atoms with Crippen molar-refractivity contribution in [1.29, 1.82) is 0 Å². The van der Waals surface area contributed by atoms with Crippen LogP contribution in [0.5, 0.6) is 0 Å². The fourth-order valence-corrected chi connectivity index (χ4v) is 1.56. The van der Waals surface area contributed by atoms with Gasteiger partial charge in [-0.1, -0.05) is 26.0 Å². The van der Waals surface area contributed by atoms with E-state index in [1.807, 2.05) is 20.8 Å². The van der Waals surface area contributed by atoms with E-state index in [1.54, 1.807) is 12.2 Å². The van der Waals surface area contributed by atoms with Crippen molar-refractivity contribution < 1.29 is 19.1 Å². The van der Waals surface area contributed by atoms with Gasteiger partial charge in [0.15, 0.2) is 0 Å². The Morgan fingerprint density at radius 2 is 1.85 bits per heavy atom. The molecule has 5 heteroatoms. The van der Waals surface area contributed by atoms with Gasteiger partial charge in [-0.15, -0.1) is 0 Å². The first kappa shape index (κ1) is 18.5. The molecule has 116 valence electrons. The summed E-state index contributed by atoms with van der Waals surface area (Å²) in [6.45, 7) is 9.58. The van der Waals surface area contributed by atoms with E-state index in [2.05, 4.69) is 23.9 Å². The maximum absolute atomic E-state index is 11.7. The maximum atomic E-state index is 11.7. The summed E-state index contributed by atoms with van der Waals surface area (Å²) < 4.78 is 9.78. The molecule has 1 atom stereocenters. The number of rotatable bonds is 6. The van der Waals surface area contributed by atoms with Crippen molar-refractivity contribution >= 4 is 12.1 Å². The Bertz CT molecular complexity index is 342. The van der Waals surface area contributed by atoms with Crippen LogP contribution < -0.4 is 5.32 Å². The Labute approximate surface area is 121 Å². The van der Waals surface area contributed by atoms with Crippen LogP contribution in [0.15, 0.2) is 12.2 Å². The van der Waals surface area contributed by atoms with E-state index in [-0.39, 0.29) is 18.4 Å². The van der Waals surface area contributed by atoms with Crippen molar-refractivity contribution in [3.63, 3.8) is 0 Å². The average Bonchev–Trinajstić information content (AvgIpc) is 2.24. The molecule has 0 fully saturated rings. The highest BCUT2D eigenvalue weighted by Crippen LogP contribution is 2.10. The molecule has 5 nitrogen and oxygen atoms in total. The second-order valence-corrected chi connectivity index (χ2v) is 6.09. The Hall–Kier alpha value is -1.52. The number of methoxy groups -OCH3 is 1. The summed E-state index contributed by atoms with van der Waals surface area (Å²) in [6, 6.07) is -0.158. The number of nitrogens with one attached hydrogen (secondary N) is 1. The van der Waals surface area contributed by atoms with E-state index in [0.717, 1.165) is 6.42 Å². The SMILES string of the molecule is COC(=O)C/C=C/[C@H](CC(C)C)NC(=O)OC(C)(C)C. The van der Waals surface area contributed by atoms with Gasteiger partial charge in [0.05, 0.1) is 19.6 Å². The summed E-state index contributed by atoms with van der Waals surface area (Å²) in [6.07, 6.45) is 4.03. The molecule has 0 aliphatic rings. The standard InChI is InChI=1S/C15H27NO4/c1-11(2)10-12(8-7-9-13(17)19-6)16-14(18)20-15(3,4)5/h7-8,11-12H,9-10H2,1-6H3,(H,16,18)/b8-7+/t12-/m1/s1. The van der Waals surface area contributed by atoms with Crippen LogP contribution in [0.3, 0.4) is 0 Å². The fourth-order valence-electron chi connectivity index (χ4n) is 1.56. The summed E-state index contributed by atoms with van der Waals surface area (Å²) in [5.41, 5.74) is -0.526. The molecular formula is C15H27NO4. The highest BCUT2D eigenvalue weighted by molar-refractivity contribution is 5.71. The highest BCUT2D eigenvalue weighted by atomic mass is 16.6. The third-order valence-corrected chi connectivity index (χ3v) is 2.31. The molecule has 0 radical (unpaired) electrons. The molecule has 20 heavy (non-hydrogen) atoms. The molecule has 0 aromatic heterocycles. The van der Waals surface area contributed by atoms with Gasteiger partial charge in [0.1, 0.15) is 5.60 Å². The van der Waals surface area contributed by atoms with Crippen LogP contribution in [-0.2, 0) is 14.3 Å². The van der Waals surface area contributed by atoms with Gasteiger partial charge < -0.3 is 14.8 Å². The van der Waals surface area contributed by atoms with Crippen LogP contribution >= 0.6 is 0 Å². The largest absolute Gasteiger partial charge is 0.469 e. The van der Waals surface area contributed by atoms with Gasteiger partial charge in [-0.2, -0.15) is 0 Å². The zero-order chi connectivity index (χ0) is 15.8. The Balaban J connectivity index is 4.48. The first-order valence-corrected chi connectivity index (χ1v) is 6.87. The number of hydrogen-bond acceptors (Lipinski definition) is 4. The lowest BCUT2D eigenvalue weighted by molar-refractivity contribution is -0.139. The van der Waals surface area contributed by atoms with Gasteiger partial charge in [-0.25, -0.2) is 4.79 Å². The van der Waals surface area contributed by atoms with Crippen molar-refractivity contribution in [3.8, 4) is 0 Å². The zero-order valence-electron chi connectivity index (χ0n) is 13.4. The molecule has 1 amide bonds. The Kier molecular flexibility index (Phi) is 7.96. The number of carbonyl (C=O) groups excluding carboxylic acids is 2. The van der Waals surface area contributed by atoms with Gasteiger partial charge in [-0.05, 0) is 33.1 Å². The van der Waals surface area contributed by atoms with Crippen LogP contribution in [0.1, 0.15) is 47.5 Å². The van der Waals surface area contributed by atoms with Gasteiger partial charge in [0.25, 0.3) is 0 Å². The number of alkyl carbamates (subject to hydrolysis) is 1. The quantitative estimate of drug-likeness (QED) is 0.602. The molecule has 1 N–H and O–H groups in total. The molecule has 0 aromatic rings. The van der Waals surface area contributed by atoms with E-state index in [0.29, 0.717) is 5.92 Å². The van der Waals surface area contributed by atoms with Crippen LogP contribution in [0.4, 0.5) is 4.79 Å². The van der Waals surface area contributed by atoms with E-state index in [4.69, 9.17) is 4.74 Å². The van der Waals surface area contributed by atoms with Crippen molar-refractivity contribution in [2.45, 2.75) is 59.1 Å². The third-order valence-electron chi connectivity index (χ3n) is 2.31. The minimum absolute atomic E-state index is 0.158. The van der Waals surface area contributed by atoms with E-state index < -0.39 is 11.7 Å². The molecule has 0 aliphatic heterocycles. The van der Waals surface area contributed by atoms with Crippen LogP contribution in [0, 0.1) is 5.92 Å². The van der Waals surface area contributed by atoms with Crippen molar-refractivity contribution in [2.24, 2.45) is 5.92 Å². The number of carbonyl (C=O) groups is 2. The molecule has 0 saturated carbocycles. The summed E-state index contributed by atoms with van der Waals surface area (Å²) >= 11 is 0. The van der Waals surface area contributed by atoms with Gasteiger partial charge >= 0.3 is 12.1 Å². The third kappa shape index (κ3) is 10.4. The summed E-state index contributed by atoms with van der Waals surface area (Å²) in [5, 5.41) is 2.80. The van der Waals surface area contributed by atoms with Gasteiger partial charge in [-0.3, -0.25) is 4.79 Å². The molecule has 0 aromatic carbocycles. The fraction of sp³-hybridized carbons (Fsp3) is 0.733. The molecule has 0 spiro atoms. The first-order chi connectivity index (χ1) is 9.14. The van der Waals surface area contributed by atoms with Crippen LogP contribution in [-0.4, -0.2) is 30.8 Å². The molecule has 0 rings (SSSR count). The summed E-state index contributed by atoms with van der Waals surface area (Å²) in [5.74, 6) is 0.111. The van der Waals surface area contributed by atoms with Crippen molar-refractivity contribution in [3.05, 3.63) is 12.2 Å². The normalized spacial score (nSPS) is 13.3. The molecule has 0 aliphatic carbocycles. The summed E-state index contributed by atoms with van der Waals surface area (Å²) in [7, 11) is 1.35. The number of hydrogen-bond donors (Lipinski definition) is 1. The second kappa shape index (κ2) is 8.61. The lowest BCUT2D eigenvalue weighted by atomic mass is 10.0. The minimum atomic E-state index is -0.526. The molecule has 0 heterocycles. The first-order valence-electron chi connectivity index (χ1n) is 6.87. The predicted molar refractivity (Wildman–Crippen MR) is 78.4 cm³/mol. The number of amides is 1. The average molecular weight is 285 g/mol. The predicted octanol–water partition coefficient (Wildman–Crippen LogP) is 3.05. The summed E-state index contributed by atoms with van der Waals surface area (Å²) in [4.78, 5) is 22.8. The van der Waals surface area contributed by atoms with Crippen LogP contribution in [0.2, 0.25) is 0 Å². The van der Waals surface area contributed by atoms with Crippen molar-refractivity contribution in [1.82, 2.24) is 5.32 Å². The zero-order valence-corrected chi connectivity index (χ0v) is 13.4. The molecular weight excluding hydrogens is 258 g/mol. The maximum Gasteiger partial charge on any atom is 0.408 e. The van der Waals surface area contributed by atoms with Crippen molar-refractivity contribution in [2.75, 3.05) is 7.11 Å². The highest BCUT2D eigenvalue weighted by Gasteiger charge is 2.18. The number of ether oxygens (including phenoxy) is 2. The van der Waals surface area contributed by atoms with Gasteiger partial charge in [0.2, 0.25) is 0 Å². The smallest absolute Gasteiger partial charge is 0.408 e. The van der Waals surface area contributed by atoms with Crippen LogP contribution in [0.25, 0.3) is 0 Å². The second-order valence-electron chi connectivity index (χ2n) is 6.09. The van der Waals surface area contributed by atoms with E-state index >= 15 is 0 Å². The minimum Gasteiger partial charge on any atom is -0.469 e. The Morgan fingerprint density at radius 1 is 1.25 bits per heavy atom. The van der Waals surface area contributed by atoms with Gasteiger partial charge in [0, 0.05) is 0 Å². The number of esters is 1. The lowest BCUT2D eigenvalue weighted by Crippen LogP contribution is -2.38. The monoisotopic (exact) mass is 285 g/mol. The van der Waals surface area contributed by atoms with E-state index in [9.17, 15) is 9.59 Å². The van der Waals surface area contributed by atoms with E-state index in [1.165, 1.54) is 7.11 Å². The topological polar surface area (TPSA) is 64.6 Å².